The van der Waals surface area contributed by atoms with Crippen LogP contribution < -0.4 is 5.32 Å². The average molecular weight is 164 g/mol. The third kappa shape index (κ3) is 1.83. The van der Waals surface area contributed by atoms with Crippen molar-refractivity contribution in [2.24, 2.45) is 7.05 Å². The second-order valence-corrected chi connectivity index (χ2v) is 2.19. The average Bonchev–Trinajstić information content (AvgIpc) is 2.47. The number of nitrogens with zero attached hydrogens (tertiary/aromatic N) is 3. The third-order valence-corrected chi connectivity index (χ3v) is 1.34. The molecule has 0 spiro atoms. The molecule has 0 aliphatic rings. The predicted molar refractivity (Wildman–Crippen MR) is 41.7 cm³/mol. The zero-order valence-corrected chi connectivity index (χ0v) is 6.61. The first-order valence-electron chi connectivity index (χ1n) is 3.31. The molecule has 62 valence electrons. The minimum Gasteiger partial charge on any atom is -0.338 e. The number of aryl methyl sites for hydroxylation is 1. The van der Waals surface area contributed by atoms with Crippen LogP contribution in [-0.2, 0) is 18.4 Å². The minimum atomic E-state index is -0.446. The lowest BCUT2D eigenvalue weighted by Gasteiger charge is -1.98. The van der Waals surface area contributed by atoms with Crippen molar-refractivity contribution in [1.82, 2.24) is 20.1 Å². The van der Waals surface area contributed by atoms with Gasteiger partial charge in [0.2, 0.25) is 0 Å². The highest BCUT2D eigenvalue weighted by Crippen LogP contribution is 1.88. The first-order chi connectivity index (χ1) is 5.74. The van der Waals surface area contributed by atoms with E-state index in [-0.39, 0.29) is 0 Å². The molecule has 0 bridgehead atoms. The van der Waals surface area contributed by atoms with E-state index >= 15 is 0 Å². The maximum Gasteiger partial charge on any atom is 0.296 e. The molecule has 5 nitrogen and oxygen atoms in total. The van der Waals surface area contributed by atoms with E-state index in [0.717, 1.165) is 0 Å². The monoisotopic (exact) mass is 164 g/mol. The van der Waals surface area contributed by atoms with Gasteiger partial charge in [-0.05, 0) is 5.92 Å². The van der Waals surface area contributed by atoms with Crippen molar-refractivity contribution < 1.29 is 4.79 Å². The molecule has 0 aliphatic carbocycles. The Morgan fingerprint density at radius 1 is 1.92 bits per heavy atom. The molecule has 0 unspecified atom stereocenters. The number of nitrogens with one attached hydrogen (secondary N) is 1. The molecule has 1 rings (SSSR count). The van der Waals surface area contributed by atoms with Gasteiger partial charge in [0.15, 0.2) is 5.82 Å². The number of terminal acetylenes is 1. The molecule has 0 aliphatic heterocycles. The summed E-state index contributed by atoms with van der Waals surface area (Å²) in [6, 6.07) is 0. The molecule has 0 radical (unpaired) electrons. The van der Waals surface area contributed by atoms with Gasteiger partial charge in [0, 0.05) is 7.05 Å². The lowest BCUT2D eigenvalue weighted by Crippen LogP contribution is -2.22. The summed E-state index contributed by atoms with van der Waals surface area (Å²) in [5.41, 5.74) is 0. The minimum absolute atomic E-state index is 0.305. The van der Waals surface area contributed by atoms with Gasteiger partial charge in [-0.25, -0.2) is 0 Å². The highest BCUT2D eigenvalue weighted by atomic mass is 16.1. The van der Waals surface area contributed by atoms with Gasteiger partial charge in [-0.1, -0.05) is 0 Å². The lowest BCUT2D eigenvalue weighted by molar-refractivity contribution is -0.115. The van der Waals surface area contributed by atoms with Crippen LogP contribution >= 0.6 is 0 Å². The van der Waals surface area contributed by atoms with E-state index in [1.165, 1.54) is 0 Å². The van der Waals surface area contributed by atoms with Crippen LogP contribution in [-0.4, -0.2) is 20.7 Å². The van der Waals surface area contributed by atoms with Gasteiger partial charge < -0.3 is 9.88 Å². The van der Waals surface area contributed by atoms with E-state index in [1.807, 2.05) is 5.92 Å². The Morgan fingerprint density at radius 2 is 2.67 bits per heavy atom. The maximum absolute atomic E-state index is 10.6. The summed E-state index contributed by atoms with van der Waals surface area (Å²) in [7, 11) is 1.79. The summed E-state index contributed by atoms with van der Waals surface area (Å²) in [5.74, 6) is 2.16. The molecule has 1 aromatic rings. The van der Waals surface area contributed by atoms with E-state index in [1.54, 1.807) is 17.9 Å². The molecule has 12 heavy (non-hydrogen) atoms. The maximum atomic E-state index is 10.6. The molecule has 1 aromatic heterocycles. The molecule has 0 aromatic carbocycles. The molecular formula is C7H8N4O. The summed E-state index contributed by atoms with van der Waals surface area (Å²) >= 11 is 0. The fraction of sp³-hybridized carbons (Fsp3) is 0.286. The molecule has 0 saturated heterocycles. The zero-order chi connectivity index (χ0) is 8.97. The Morgan fingerprint density at radius 3 is 3.17 bits per heavy atom. The Kier molecular flexibility index (Phi) is 2.43. The number of amides is 1. The van der Waals surface area contributed by atoms with Gasteiger partial charge in [-0.2, -0.15) is 0 Å². The first-order valence-corrected chi connectivity index (χ1v) is 3.31. The van der Waals surface area contributed by atoms with Crippen molar-refractivity contribution in [3.8, 4) is 12.3 Å². The van der Waals surface area contributed by atoms with E-state index in [2.05, 4.69) is 15.5 Å². The Hall–Kier alpha value is -1.83. The second kappa shape index (κ2) is 3.53. The predicted octanol–water partition coefficient (Wildman–Crippen LogP) is -0.936. The largest absolute Gasteiger partial charge is 0.338 e. The molecule has 5 heteroatoms. The quantitative estimate of drug-likeness (QED) is 0.574. The van der Waals surface area contributed by atoms with Crippen LogP contribution in [0.2, 0.25) is 0 Å². The topological polar surface area (TPSA) is 59.8 Å². The molecule has 0 atom stereocenters. The first kappa shape index (κ1) is 8.27. The zero-order valence-electron chi connectivity index (χ0n) is 6.61. The van der Waals surface area contributed by atoms with Crippen LogP contribution in [0.3, 0.4) is 0 Å². The highest BCUT2D eigenvalue weighted by molar-refractivity contribution is 5.92. The molecular weight excluding hydrogens is 156 g/mol. The summed E-state index contributed by atoms with van der Waals surface area (Å²) in [4.78, 5) is 10.6. The lowest BCUT2D eigenvalue weighted by atomic mass is 10.5. The normalized spacial score (nSPS) is 9.00. The Labute approximate surface area is 69.8 Å². The summed E-state index contributed by atoms with van der Waals surface area (Å²) in [6.45, 7) is 0.305. The van der Waals surface area contributed by atoms with Crippen LogP contribution in [0.1, 0.15) is 5.82 Å². The number of carbonyl (C=O) groups is 1. The SMILES string of the molecule is C#CC(=O)NCc1nncn1C. The number of carbonyl (C=O) groups excluding carboxylic acids is 1. The van der Waals surface area contributed by atoms with Crippen molar-refractivity contribution in [3.63, 3.8) is 0 Å². The number of hydrogen-bond donors (Lipinski definition) is 1. The van der Waals surface area contributed by atoms with E-state index in [4.69, 9.17) is 6.42 Å². The van der Waals surface area contributed by atoms with Crippen LogP contribution in [0.5, 0.6) is 0 Å². The van der Waals surface area contributed by atoms with Gasteiger partial charge in [0.1, 0.15) is 6.33 Å². The summed E-state index contributed by atoms with van der Waals surface area (Å²) in [6.07, 6.45) is 6.40. The van der Waals surface area contributed by atoms with Crippen molar-refractivity contribution in [1.29, 1.82) is 0 Å². The number of hydrogen-bond acceptors (Lipinski definition) is 3. The fourth-order valence-corrected chi connectivity index (χ4v) is 0.678. The van der Waals surface area contributed by atoms with Crippen molar-refractivity contribution in [3.05, 3.63) is 12.2 Å². The van der Waals surface area contributed by atoms with Gasteiger partial charge >= 0.3 is 0 Å². The Bertz CT molecular complexity index is 322. The van der Waals surface area contributed by atoms with Gasteiger partial charge in [-0.15, -0.1) is 16.6 Å². The van der Waals surface area contributed by atoms with E-state index in [9.17, 15) is 4.79 Å². The molecule has 0 saturated carbocycles. The van der Waals surface area contributed by atoms with Gasteiger partial charge in [0.05, 0.1) is 6.54 Å². The smallest absolute Gasteiger partial charge is 0.296 e. The fourth-order valence-electron chi connectivity index (χ4n) is 0.678. The number of aromatic nitrogens is 3. The van der Waals surface area contributed by atoms with Crippen molar-refractivity contribution in [2.75, 3.05) is 0 Å². The molecule has 0 fully saturated rings. The van der Waals surface area contributed by atoms with Gasteiger partial charge in [0.25, 0.3) is 5.91 Å². The van der Waals surface area contributed by atoms with Gasteiger partial charge in [-0.3, -0.25) is 4.79 Å². The standard InChI is InChI=1S/C7H8N4O/c1-3-7(12)8-4-6-10-9-5-11(6)2/h1,5H,4H2,2H3,(H,8,12). The second-order valence-electron chi connectivity index (χ2n) is 2.19. The summed E-state index contributed by atoms with van der Waals surface area (Å²) < 4.78 is 1.71. The highest BCUT2D eigenvalue weighted by Gasteiger charge is 2.00. The van der Waals surface area contributed by atoms with Crippen LogP contribution in [0.4, 0.5) is 0 Å². The molecule has 1 N–H and O–H groups in total. The summed E-state index contributed by atoms with van der Waals surface area (Å²) in [5, 5.41) is 9.86. The third-order valence-electron chi connectivity index (χ3n) is 1.34. The van der Waals surface area contributed by atoms with Crippen LogP contribution in [0, 0.1) is 12.3 Å². The molecule has 1 amide bonds. The van der Waals surface area contributed by atoms with Crippen molar-refractivity contribution >= 4 is 5.91 Å². The van der Waals surface area contributed by atoms with E-state index < -0.39 is 5.91 Å². The van der Waals surface area contributed by atoms with Crippen molar-refractivity contribution in [2.45, 2.75) is 6.54 Å². The van der Waals surface area contributed by atoms with Crippen LogP contribution in [0.25, 0.3) is 0 Å². The van der Waals surface area contributed by atoms with Crippen LogP contribution in [0.15, 0.2) is 6.33 Å². The molecule has 1 heterocycles. The number of rotatable bonds is 2. The van der Waals surface area contributed by atoms with E-state index in [0.29, 0.717) is 12.4 Å². The Balaban J connectivity index is 2.50.